The molecule has 1 aliphatic rings. The third kappa shape index (κ3) is 5.05. The molecule has 0 unspecified atom stereocenters. The summed E-state index contributed by atoms with van der Waals surface area (Å²) >= 11 is 0. The number of benzene rings is 2. The van der Waals surface area contributed by atoms with Crippen molar-refractivity contribution in [2.24, 2.45) is 0 Å². The van der Waals surface area contributed by atoms with Crippen LogP contribution in [0.1, 0.15) is 40.8 Å². The highest BCUT2D eigenvalue weighted by Gasteiger charge is 2.12. The minimum atomic E-state index is 0.993. The highest BCUT2D eigenvalue weighted by molar-refractivity contribution is 5.30. The Morgan fingerprint density at radius 1 is 0.778 bits per heavy atom. The van der Waals surface area contributed by atoms with Crippen molar-refractivity contribution in [2.45, 2.75) is 45.2 Å². The Labute approximate surface area is 162 Å². The van der Waals surface area contributed by atoms with E-state index in [-0.39, 0.29) is 0 Å². The van der Waals surface area contributed by atoms with Gasteiger partial charge in [-0.1, -0.05) is 60.7 Å². The van der Waals surface area contributed by atoms with Gasteiger partial charge >= 0.3 is 0 Å². The first-order chi connectivity index (χ1) is 13.4. The minimum Gasteiger partial charge on any atom is -0.295 e. The molecule has 0 saturated carbocycles. The molecule has 1 aromatic heterocycles. The summed E-state index contributed by atoms with van der Waals surface area (Å²) < 4.78 is 0. The van der Waals surface area contributed by atoms with E-state index in [2.05, 4.69) is 77.8 Å². The Morgan fingerprint density at radius 2 is 1.41 bits per heavy atom. The average Bonchev–Trinajstić information content (AvgIpc) is 3.17. The first-order valence-electron chi connectivity index (χ1n) is 10.1. The summed E-state index contributed by atoms with van der Waals surface area (Å²) in [5.41, 5.74) is 7.02. The lowest BCUT2D eigenvalue weighted by Gasteiger charge is -2.22. The van der Waals surface area contributed by atoms with Crippen LogP contribution in [0.2, 0.25) is 0 Å². The Hall–Kier alpha value is -2.45. The highest BCUT2D eigenvalue weighted by atomic mass is 15.1. The molecular formula is C25H28N2. The second kappa shape index (κ2) is 8.96. The number of aromatic nitrogens is 1. The minimum absolute atomic E-state index is 0.993. The molecule has 2 heteroatoms. The van der Waals surface area contributed by atoms with E-state index in [4.69, 9.17) is 4.98 Å². The van der Waals surface area contributed by atoms with Gasteiger partial charge in [-0.2, -0.15) is 0 Å². The standard InChI is InChI=1S/C25H28N2/c1-3-9-21(10-4-1)19-27(20-22-11-5-2-6-12-22)16-8-15-25-17-23-13-7-14-24(23)18-26-25/h1-6,9-12,17-18H,7-8,13-16,19-20H2. The van der Waals surface area contributed by atoms with Gasteiger partial charge in [0.05, 0.1) is 0 Å². The van der Waals surface area contributed by atoms with Crippen LogP contribution in [0, 0.1) is 0 Å². The molecule has 0 fully saturated rings. The van der Waals surface area contributed by atoms with Crippen LogP contribution in [0.3, 0.4) is 0 Å². The third-order valence-electron chi connectivity index (χ3n) is 5.44. The van der Waals surface area contributed by atoms with Gasteiger partial charge in [0.15, 0.2) is 0 Å². The summed E-state index contributed by atoms with van der Waals surface area (Å²) in [4.78, 5) is 7.25. The van der Waals surface area contributed by atoms with E-state index in [1.807, 2.05) is 0 Å². The molecule has 2 aromatic carbocycles. The van der Waals surface area contributed by atoms with Crippen molar-refractivity contribution in [1.29, 1.82) is 0 Å². The molecule has 0 aliphatic heterocycles. The Bertz CT molecular complexity index is 801. The number of nitrogens with zero attached hydrogens (tertiary/aromatic N) is 2. The number of hydrogen-bond acceptors (Lipinski definition) is 2. The van der Waals surface area contributed by atoms with Crippen LogP contribution < -0.4 is 0 Å². The summed E-state index contributed by atoms with van der Waals surface area (Å²) in [6.07, 6.45) is 8.06. The first kappa shape index (κ1) is 17.9. The van der Waals surface area contributed by atoms with Gasteiger partial charge in [-0.25, -0.2) is 0 Å². The zero-order chi connectivity index (χ0) is 18.3. The van der Waals surface area contributed by atoms with Gasteiger partial charge in [-0.3, -0.25) is 9.88 Å². The number of aryl methyl sites for hydroxylation is 3. The van der Waals surface area contributed by atoms with Crippen LogP contribution in [0.25, 0.3) is 0 Å². The van der Waals surface area contributed by atoms with Crippen molar-refractivity contribution in [3.05, 3.63) is 101 Å². The Kier molecular flexibility index (Phi) is 5.96. The monoisotopic (exact) mass is 356 g/mol. The maximum Gasteiger partial charge on any atom is 0.0407 e. The second-order valence-electron chi connectivity index (χ2n) is 7.58. The molecule has 0 spiro atoms. The number of pyridine rings is 1. The zero-order valence-electron chi connectivity index (χ0n) is 16.0. The lowest BCUT2D eigenvalue weighted by molar-refractivity contribution is 0.253. The van der Waals surface area contributed by atoms with Gasteiger partial charge < -0.3 is 0 Å². The molecule has 0 N–H and O–H groups in total. The number of fused-ring (bicyclic) bond motifs is 1. The molecule has 2 nitrogen and oxygen atoms in total. The van der Waals surface area contributed by atoms with Gasteiger partial charge in [0, 0.05) is 25.0 Å². The van der Waals surface area contributed by atoms with Crippen LogP contribution in [-0.2, 0) is 32.4 Å². The molecule has 1 heterocycles. The topological polar surface area (TPSA) is 16.1 Å². The number of rotatable bonds is 8. The molecule has 0 saturated heterocycles. The summed E-state index contributed by atoms with van der Waals surface area (Å²) in [5, 5.41) is 0. The third-order valence-corrected chi connectivity index (χ3v) is 5.44. The van der Waals surface area contributed by atoms with Gasteiger partial charge in [0.2, 0.25) is 0 Å². The van der Waals surface area contributed by atoms with E-state index in [1.54, 1.807) is 0 Å². The maximum absolute atomic E-state index is 4.70. The van der Waals surface area contributed by atoms with Crippen molar-refractivity contribution >= 4 is 0 Å². The maximum atomic E-state index is 4.70. The molecule has 0 amide bonds. The SMILES string of the molecule is c1ccc(CN(CCCc2cc3c(cn2)CCC3)Cc2ccccc2)cc1. The van der Waals surface area contributed by atoms with Crippen LogP contribution >= 0.6 is 0 Å². The normalized spacial score (nSPS) is 13.1. The van der Waals surface area contributed by atoms with Gasteiger partial charge in [-0.15, -0.1) is 0 Å². The molecule has 138 valence electrons. The zero-order valence-corrected chi connectivity index (χ0v) is 16.0. The summed E-state index contributed by atoms with van der Waals surface area (Å²) in [6, 6.07) is 23.9. The largest absolute Gasteiger partial charge is 0.295 e. The van der Waals surface area contributed by atoms with Crippen LogP contribution in [0.5, 0.6) is 0 Å². The fourth-order valence-electron chi connectivity index (χ4n) is 4.02. The van der Waals surface area contributed by atoms with E-state index < -0.39 is 0 Å². The molecule has 4 rings (SSSR count). The smallest absolute Gasteiger partial charge is 0.0407 e. The lowest BCUT2D eigenvalue weighted by Crippen LogP contribution is -2.24. The fraction of sp³-hybridized carbons (Fsp3) is 0.320. The second-order valence-corrected chi connectivity index (χ2v) is 7.58. The number of hydrogen-bond donors (Lipinski definition) is 0. The molecular weight excluding hydrogens is 328 g/mol. The van der Waals surface area contributed by atoms with Crippen molar-refractivity contribution in [1.82, 2.24) is 9.88 Å². The predicted molar refractivity (Wildman–Crippen MR) is 112 cm³/mol. The predicted octanol–water partition coefficient (Wildman–Crippen LogP) is 5.21. The molecule has 27 heavy (non-hydrogen) atoms. The van der Waals surface area contributed by atoms with Gasteiger partial charge in [0.1, 0.15) is 0 Å². The molecule has 0 bridgehead atoms. The van der Waals surface area contributed by atoms with E-state index >= 15 is 0 Å². The molecule has 1 aliphatic carbocycles. The Balaban J connectivity index is 1.37. The van der Waals surface area contributed by atoms with Gasteiger partial charge in [-0.05, 0) is 67.0 Å². The lowest BCUT2D eigenvalue weighted by atomic mass is 10.1. The van der Waals surface area contributed by atoms with Crippen LogP contribution in [-0.4, -0.2) is 16.4 Å². The van der Waals surface area contributed by atoms with E-state index in [0.717, 1.165) is 32.5 Å². The van der Waals surface area contributed by atoms with Crippen molar-refractivity contribution in [3.8, 4) is 0 Å². The van der Waals surface area contributed by atoms with Crippen molar-refractivity contribution < 1.29 is 0 Å². The quantitative estimate of drug-likeness (QED) is 0.551. The summed E-state index contributed by atoms with van der Waals surface area (Å²) in [6.45, 7) is 3.07. The summed E-state index contributed by atoms with van der Waals surface area (Å²) in [7, 11) is 0. The van der Waals surface area contributed by atoms with Crippen LogP contribution in [0.4, 0.5) is 0 Å². The average molecular weight is 357 g/mol. The molecule has 3 aromatic rings. The van der Waals surface area contributed by atoms with E-state index in [9.17, 15) is 0 Å². The molecule has 0 radical (unpaired) electrons. The van der Waals surface area contributed by atoms with E-state index in [0.29, 0.717) is 0 Å². The van der Waals surface area contributed by atoms with Crippen LogP contribution in [0.15, 0.2) is 72.9 Å². The fourth-order valence-corrected chi connectivity index (χ4v) is 4.02. The first-order valence-corrected chi connectivity index (χ1v) is 10.1. The summed E-state index contributed by atoms with van der Waals surface area (Å²) in [5.74, 6) is 0. The van der Waals surface area contributed by atoms with Gasteiger partial charge in [0.25, 0.3) is 0 Å². The highest BCUT2D eigenvalue weighted by Crippen LogP contribution is 2.22. The molecule has 0 atom stereocenters. The van der Waals surface area contributed by atoms with E-state index in [1.165, 1.54) is 47.2 Å². The van der Waals surface area contributed by atoms with Crippen molar-refractivity contribution in [2.75, 3.05) is 6.54 Å². The van der Waals surface area contributed by atoms with Crippen molar-refractivity contribution in [3.63, 3.8) is 0 Å². The Morgan fingerprint density at radius 3 is 2.07 bits per heavy atom.